The quantitative estimate of drug-likeness (QED) is 0.606. The van der Waals surface area contributed by atoms with Gasteiger partial charge in [0.25, 0.3) is 6.43 Å². The Morgan fingerprint density at radius 1 is 1.50 bits per heavy atom. The largest absolute Gasteiger partial charge is 0.396 e. The van der Waals surface area contributed by atoms with Gasteiger partial charge in [-0.25, -0.2) is 8.78 Å². The topological polar surface area (TPSA) is 32.3 Å². The highest BCUT2D eigenvalue weighted by Gasteiger charge is 2.04. The third-order valence-corrected chi connectivity index (χ3v) is 1.18. The van der Waals surface area contributed by atoms with Crippen LogP contribution in [0.3, 0.4) is 0 Å². The van der Waals surface area contributed by atoms with Crippen molar-refractivity contribution in [3.63, 3.8) is 0 Å². The maximum Gasteiger partial charge on any atom is 0.250 e. The van der Waals surface area contributed by atoms with Crippen molar-refractivity contribution in [2.75, 3.05) is 13.2 Å². The first-order chi connectivity index (χ1) is 4.66. The van der Waals surface area contributed by atoms with Crippen molar-refractivity contribution < 1.29 is 13.9 Å². The summed E-state index contributed by atoms with van der Waals surface area (Å²) in [4.78, 5) is 0. The third-order valence-electron chi connectivity index (χ3n) is 1.18. The van der Waals surface area contributed by atoms with E-state index in [1.807, 2.05) is 0 Å². The van der Waals surface area contributed by atoms with E-state index in [4.69, 9.17) is 5.11 Å². The molecule has 0 saturated carbocycles. The standard InChI is InChI=1S/C6H13F2NO/c1-5(2-3-10)9-4-6(7)8/h5-6,9-10H,2-4H2,1H3/t5-/m1/s1. The van der Waals surface area contributed by atoms with Crippen LogP contribution in [0.1, 0.15) is 13.3 Å². The molecule has 0 aromatic heterocycles. The van der Waals surface area contributed by atoms with Gasteiger partial charge in [0.1, 0.15) is 0 Å². The van der Waals surface area contributed by atoms with E-state index in [-0.39, 0.29) is 19.2 Å². The van der Waals surface area contributed by atoms with Crippen LogP contribution in [0.4, 0.5) is 8.78 Å². The second kappa shape index (κ2) is 5.56. The van der Waals surface area contributed by atoms with Gasteiger partial charge in [0, 0.05) is 12.6 Å². The van der Waals surface area contributed by atoms with E-state index in [2.05, 4.69) is 5.32 Å². The molecule has 0 aliphatic heterocycles. The molecule has 0 aromatic rings. The Hall–Kier alpha value is -0.220. The van der Waals surface area contributed by atoms with E-state index in [0.717, 1.165) is 0 Å². The fourth-order valence-electron chi connectivity index (χ4n) is 0.586. The predicted octanol–water partition coefficient (Wildman–Crippen LogP) is 0.612. The molecule has 0 amide bonds. The Labute approximate surface area is 59.2 Å². The van der Waals surface area contributed by atoms with Crippen LogP contribution in [-0.4, -0.2) is 30.7 Å². The molecule has 4 heteroatoms. The van der Waals surface area contributed by atoms with Crippen molar-refractivity contribution in [1.82, 2.24) is 5.32 Å². The molecule has 0 aliphatic rings. The van der Waals surface area contributed by atoms with Gasteiger partial charge in [-0.15, -0.1) is 0 Å². The second-order valence-corrected chi connectivity index (χ2v) is 2.21. The van der Waals surface area contributed by atoms with Gasteiger partial charge in [-0.1, -0.05) is 0 Å². The molecule has 0 rings (SSSR count). The van der Waals surface area contributed by atoms with E-state index < -0.39 is 6.43 Å². The maximum absolute atomic E-state index is 11.5. The van der Waals surface area contributed by atoms with Crippen LogP contribution in [0, 0.1) is 0 Å². The summed E-state index contributed by atoms with van der Waals surface area (Å²) in [5.41, 5.74) is 0. The minimum atomic E-state index is -2.30. The predicted molar refractivity (Wildman–Crippen MR) is 35.2 cm³/mol. The zero-order chi connectivity index (χ0) is 7.98. The number of hydrogen-bond donors (Lipinski definition) is 2. The van der Waals surface area contributed by atoms with Crippen LogP contribution in [0.5, 0.6) is 0 Å². The van der Waals surface area contributed by atoms with Gasteiger partial charge in [0.15, 0.2) is 0 Å². The molecule has 0 heterocycles. The molecule has 62 valence electrons. The first-order valence-corrected chi connectivity index (χ1v) is 3.29. The van der Waals surface area contributed by atoms with E-state index in [0.29, 0.717) is 6.42 Å². The van der Waals surface area contributed by atoms with Gasteiger partial charge >= 0.3 is 0 Å². The highest BCUT2D eigenvalue weighted by atomic mass is 19.3. The average molecular weight is 153 g/mol. The SMILES string of the molecule is C[C@H](CCO)NCC(F)F. The van der Waals surface area contributed by atoms with Gasteiger partial charge in [0.2, 0.25) is 0 Å². The Morgan fingerprint density at radius 2 is 2.10 bits per heavy atom. The van der Waals surface area contributed by atoms with Gasteiger partial charge in [0.05, 0.1) is 6.54 Å². The van der Waals surface area contributed by atoms with E-state index in [1.165, 1.54) is 0 Å². The highest BCUT2D eigenvalue weighted by Crippen LogP contribution is 1.92. The molecule has 0 radical (unpaired) electrons. The molecular formula is C6H13F2NO. The van der Waals surface area contributed by atoms with Crippen molar-refractivity contribution in [3.05, 3.63) is 0 Å². The molecular weight excluding hydrogens is 140 g/mol. The molecule has 0 aromatic carbocycles. The number of halogens is 2. The summed E-state index contributed by atoms with van der Waals surface area (Å²) in [5, 5.41) is 10.9. The number of aliphatic hydroxyl groups is 1. The van der Waals surface area contributed by atoms with Crippen LogP contribution in [0.25, 0.3) is 0 Å². The average Bonchev–Trinajstić information content (AvgIpc) is 1.85. The van der Waals surface area contributed by atoms with Crippen LogP contribution in [0.15, 0.2) is 0 Å². The van der Waals surface area contributed by atoms with Crippen LogP contribution in [0.2, 0.25) is 0 Å². The Kier molecular flexibility index (Phi) is 5.43. The third kappa shape index (κ3) is 5.91. The summed E-state index contributed by atoms with van der Waals surface area (Å²) in [5.74, 6) is 0. The van der Waals surface area contributed by atoms with Crippen molar-refractivity contribution in [3.8, 4) is 0 Å². The van der Waals surface area contributed by atoms with Crippen molar-refractivity contribution in [2.45, 2.75) is 25.8 Å². The summed E-state index contributed by atoms with van der Waals surface area (Å²) in [6.45, 7) is 1.51. The van der Waals surface area contributed by atoms with Gasteiger partial charge in [-0.2, -0.15) is 0 Å². The fourth-order valence-corrected chi connectivity index (χ4v) is 0.586. The highest BCUT2D eigenvalue weighted by molar-refractivity contribution is 4.59. The molecule has 2 N–H and O–H groups in total. The minimum Gasteiger partial charge on any atom is -0.396 e. The van der Waals surface area contributed by atoms with E-state index in [9.17, 15) is 8.78 Å². The second-order valence-electron chi connectivity index (χ2n) is 2.21. The molecule has 0 fully saturated rings. The van der Waals surface area contributed by atoms with Gasteiger partial charge < -0.3 is 10.4 Å². The Balaban J connectivity index is 3.12. The Morgan fingerprint density at radius 3 is 2.50 bits per heavy atom. The summed E-state index contributed by atoms with van der Waals surface area (Å²) in [6.07, 6.45) is -1.78. The maximum atomic E-state index is 11.5. The van der Waals surface area contributed by atoms with Crippen molar-refractivity contribution in [1.29, 1.82) is 0 Å². The molecule has 2 nitrogen and oxygen atoms in total. The molecule has 0 spiro atoms. The number of aliphatic hydroxyl groups excluding tert-OH is 1. The molecule has 0 bridgehead atoms. The lowest BCUT2D eigenvalue weighted by Crippen LogP contribution is -2.31. The number of rotatable bonds is 5. The van der Waals surface area contributed by atoms with Gasteiger partial charge in [-0.05, 0) is 13.3 Å². The summed E-state index contributed by atoms with van der Waals surface area (Å²) < 4.78 is 23.0. The van der Waals surface area contributed by atoms with Gasteiger partial charge in [-0.3, -0.25) is 0 Å². The lowest BCUT2D eigenvalue weighted by molar-refractivity contribution is 0.139. The zero-order valence-corrected chi connectivity index (χ0v) is 5.98. The summed E-state index contributed by atoms with van der Waals surface area (Å²) >= 11 is 0. The summed E-state index contributed by atoms with van der Waals surface area (Å²) in [7, 11) is 0. The fraction of sp³-hybridized carbons (Fsp3) is 1.00. The number of alkyl halides is 2. The minimum absolute atomic E-state index is 0.0287. The lowest BCUT2D eigenvalue weighted by Gasteiger charge is -2.10. The molecule has 0 unspecified atom stereocenters. The monoisotopic (exact) mass is 153 g/mol. The van der Waals surface area contributed by atoms with Crippen LogP contribution in [-0.2, 0) is 0 Å². The number of hydrogen-bond acceptors (Lipinski definition) is 2. The Bertz CT molecular complexity index is 80.1. The zero-order valence-electron chi connectivity index (χ0n) is 5.98. The van der Waals surface area contributed by atoms with E-state index >= 15 is 0 Å². The smallest absolute Gasteiger partial charge is 0.250 e. The summed E-state index contributed by atoms with van der Waals surface area (Å²) in [6, 6.07) is -0.0287. The van der Waals surface area contributed by atoms with E-state index in [1.54, 1.807) is 6.92 Å². The lowest BCUT2D eigenvalue weighted by atomic mass is 10.2. The van der Waals surface area contributed by atoms with Crippen LogP contribution < -0.4 is 5.32 Å². The first kappa shape index (κ1) is 9.78. The molecule has 0 aliphatic carbocycles. The first-order valence-electron chi connectivity index (χ1n) is 3.29. The van der Waals surface area contributed by atoms with Crippen molar-refractivity contribution >= 4 is 0 Å². The normalized spacial score (nSPS) is 14.1. The molecule has 10 heavy (non-hydrogen) atoms. The van der Waals surface area contributed by atoms with Crippen LogP contribution >= 0.6 is 0 Å². The van der Waals surface area contributed by atoms with Crippen molar-refractivity contribution in [2.24, 2.45) is 0 Å². The molecule has 1 atom stereocenters. The molecule has 0 saturated heterocycles. The number of nitrogens with one attached hydrogen (secondary N) is 1.